The van der Waals surface area contributed by atoms with Crippen LogP contribution in [0.4, 0.5) is 17.2 Å². The molecule has 0 aliphatic heterocycles. The maximum Gasteiger partial charge on any atom is 0.185 e. The number of aryl methyl sites for hydroxylation is 1. The van der Waals surface area contributed by atoms with E-state index in [1.54, 1.807) is 12.1 Å². The lowest BCUT2D eigenvalue weighted by atomic mass is 10.1. The second-order valence-electron chi connectivity index (χ2n) is 5.03. The van der Waals surface area contributed by atoms with Crippen LogP contribution in [0.2, 0.25) is 0 Å². The maximum absolute atomic E-state index is 10.4. The molecule has 5 heteroatoms. The first-order chi connectivity index (χ1) is 10.6. The van der Waals surface area contributed by atoms with Crippen LogP contribution >= 0.6 is 0 Å². The summed E-state index contributed by atoms with van der Waals surface area (Å²) in [6.07, 6.45) is 1.43. The number of aromatic hydroxyl groups is 1. The second kappa shape index (κ2) is 5.73. The zero-order chi connectivity index (χ0) is 15.5. The van der Waals surface area contributed by atoms with Crippen molar-refractivity contribution < 1.29 is 5.11 Å². The molecule has 2 aromatic carbocycles. The monoisotopic (exact) mass is 292 g/mol. The highest BCUT2D eigenvalue weighted by Crippen LogP contribution is 2.33. The fraction of sp³-hybridized carbons (Fsp3) is 0.0588. The Hall–Kier alpha value is -3.08. The van der Waals surface area contributed by atoms with Crippen molar-refractivity contribution in [1.82, 2.24) is 9.97 Å². The molecular weight excluding hydrogens is 276 g/mol. The van der Waals surface area contributed by atoms with Gasteiger partial charge in [0.15, 0.2) is 11.6 Å². The largest absolute Gasteiger partial charge is 0.503 e. The summed E-state index contributed by atoms with van der Waals surface area (Å²) < 4.78 is 0. The molecule has 22 heavy (non-hydrogen) atoms. The van der Waals surface area contributed by atoms with E-state index in [-0.39, 0.29) is 5.75 Å². The molecular formula is C17H16N4O. The number of hydrogen-bond acceptors (Lipinski definition) is 5. The Morgan fingerprint density at radius 2 is 1.64 bits per heavy atom. The predicted octanol–water partition coefficient (Wildman–Crippen LogP) is 3.48. The summed E-state index contributed by atoms with van der Waals surface area (Å²) in [5.74, 6) is 0.374. The summed E-state index contributed by atoms with van der Waals surface area (Å²) in [5.41, 5.74) is 9.61. The van der Waals surface area contributed by atoms with E-state index in [1.807, 2.05) is 43.3 Å². The molecule has 0 unspecified atom stereocenters. The highest BCUT2D eigenvalue weighted by molar-refractivity contribution is 5.74. The number of anilines is 3. The lowest BCUT2D eigenvalue weighted by Crippen LogP contribution is -1.97. The van der Waals surface area contributed by atoms with Gasteiger partial charge in [-0.15, -0.1) is 0 Å². The zero-order valence-corrected chi connectivity index (χ0v) is 12.1. The molecule has 3 rings (SSSR count). The molecule has 0 aliphatic carbocycles. The number of benzene rings is 2. The fourth-order valence-electron chi connectivity index (χ4n) is 2.10. The van der Waals surface area contributed by atoms with Crippen molar-refractivity contribution in [3.63, 3.8) is 0 Å². The molecule has 0 radical (unpaired) electrons. The molecule has 1 aromatic heterocycles. The fourth-order valence-corrected chi connectivity index (χ4v) is 2.10. The highest BCUT2D eigenvalue weighted by Gasteiger charge is 2.12. The number of nitrogens with zero attached hydrogens (tertiary/aromatic N) is 2. The topological polar surface area (TPSA) is 84.1 Å². The minimum Gasteiger partial charge on any atom is -0.503 e. The van der Waals surface area contributed by atoms with E-state index in [4.69, 9.17) is 5.73 Å². The van der Waals surface area contributed by atoms with Crippen molar-refractivity contribution in [3.8, 4) is 17.0 Å². The van der Waals surface area contributed by atoms with Gasteiger partial charge in [0, 0.05) is 16.9 Å². The van der Waals surface area contributed by atoms with E-state index >= 15 is 0 Å². The van der Waals surface area contributed by atoms with Gasteiger partial charge in [-0.05, 0) is 31.2 Å². The van der Waals surface area contributed by atoms with Crippen LogP contribution in [0.15, 0.2) is 54.9 Å². The van der Waals surface area contributed by atoms with Gasteiger partial charge in [0.1, 0.15) is 12.0 Å². The van der Waals surface area contributed by atoms with Gasteiger partial charge in [0.25, 0.3) is 0 Å². The first-order valence-corrected chi connectivity index (χ1v) is 6.87. The highest BCUT2D eigenvalue weighted by atomic mass is 16.3. The minimum atomic E-state index is 0.0168. The first kappa shape index (κ1) is 13.9. The molecule has 5 nitrogen and oxygen atoms in total. The van der Waals surface area contributed by atoms with E-state index in [1.165, 1.54) is 6.33 Å². The summed E-state index contributed by atoms with van der Waals surface area (Å²) in [5, 5.41) is 13.5. The zero-order valence-electron chi connectivity index (χ0n) is 12.1. The number of nitrogen functional groups attached to an aromatic ring is 1. The van der Waals surface area contributed by atoms with E-state index < -0.39 is 0 Å². The quantitative estimate of drug-likeness (QED) is 0.644. The SMILES string of the molecule is Cc1ccc(-c2ncnc(Nc3ccc(N)cc3)c2O)cc1. The van der Waals surface area contributed by atoms with Crippen LogP contribution in [0.3, 0.4) is 0 Å². The Labute approximate surface area is 128 Å². The van der Waals surface area contributed by atoms with Gasteiger partial charge in [0.05, 0.1) is 0 Å². The average molecular weight is 292 g/mol. The van der Waals surface area contributed by atoms with E-state index in [2.05, 4.69) is 15.3 Å². The molecule has 0 bridgehead atoms. The molecule has 0 atom stereocenters. The molecule has 3 aromatic rings. The lowest BCUT2D eigenvalue weighted by Gasteiger charge is -2.10. The second-order valence-corrected chi connectivity index (χ2v) is 5.03. The number of nitrogens with two attached hydrogens (primary N) is 1. The molecule has 0 saturated carbocycles. The Morgan fingerprint density at radius 3 is 2.32 bits per heavy atom. The van der Waals surface area contributed by atoms with Crippen LogP contribution in [-0.2, 0) is 0 Å². The van der Waals surface area contributed by atoms with E-state index in [0.717, 1.165) is 16.8 Å². The van der Waals surface area contributed by atoms with Crippen LogP contribution in [0.5, 0.6) is 5.75 Å². The standard InChI is InChI=1S/C17H16N4O/c1-11-2-4-12(5-3-11)15-16(22)17(20-10-19-15)21-14-8-6-13(18)7-9-14/h2-10,22H,18H2,1H3,(H,19,20,21). The summed E-state index contributed by atoms with van der Waals surface area (Å²) in [4.78, 5) is 8.27. The number of rotatable bonds is 3. The summed E-state index contributed by atoms with van der Waals surface area (Å²) in [6.45, 7) is 2.01. The Morgan fingerprint density at radius 1 is 0.955 bits per heavy atom. The molecule has 4 N–H and O–H groups in total. The molecule has 0 fully saturated rings. The van der Waals surface area contributed by atoms with Crippen molar-refractivity contribution in [1.29, 1.82) is 0 Å². The normalized spacial score (nSPS) is 10.4. The summed E-state index contributed by atoms with van der Waals surface area (Å²) in [6, 6.07) is 15.0. The van der Waals surface area contributed by atoms with Crippen LogP contribution in [0.1, 0.15) is 5.56 Å². The Kier molecular flexibility index (Phi) is 3.62. The van der Waals surface area contributed by atoms with Crippen molar-refractivity contribution in [3.05, 3.63) is 60.4 Å². The van der Waals surface area contributed by atoms with Crippen LogP contribution in [0.25, 0.3) is 11.3 Å². The number of aromatic nitrogens is 2. The smallest absolute Gasteiger partial charge is 0.185 e. The Balaban J connectivity index is 1.95. The number of hydrogen-bond donors (Lipinski definition) is 3. The third-order valence-corrected chi connectivity index (χ3v) is 3.32. The molecule has 110 valence electrons. The van der Waals surface area contributed by atoms with Crippen molar-refractivity contribution in [2.45, 2.75) is 6.92 Å². The van der Waals surface area contributed by atoms with Crippen LogP contribution in [0, 0.1) is 6.92 Å². The molecule has 0 saturated heterocycles. The molecule has 0 amide bonds. The number of nitrogens with one attached hydrogen (secondary N) is 1. The first-order valence-electron chi connectivity index (χ1n) is 6.87. The maximum atomic E-state index is 10.4. The van der Waals surface area contributed by atoms with Gasteiger partial charge in [0.2, 0.25) is 0 Å². The van der Waals surface area contributed by atoms with Gasteiger partial charge >= 0.3 is 0 Å². The van der Waals surface area contributed by atoms with Gasteiger partial charge in [-0.25, -0.2) is 9.97 Å². The summed E-state index contributed by atoms with van der Waals surface area (Å²) >= 11 is 0. The average Bonchev–Trinajstić information content (AvgIpc) is 2.53. The summed E-state index contributed by atoms with van der Waals surface area (Å²) in [7, 11) is 0. The Bertz CT molecular complexity index is 783. The van der Waals surface area contributed by atoms with Crippen LogP contribution in [-0.4, -0.2) is 15.1 Å². The van der Waals surface area contributed by atoms with Crippen molar-refractivity contribution in [2.24, 2.45) is 0 Å². The van der Waals surface area contributed by atoms with Gasteiger partial charge in [-0.2, -0.15) is 0 Å². The van der Waals surface area contributed by atoms with Gasteiger partial charge < -0.3 is 16.2 Å². The van der Waals surface area contributed by atoms with Gasteiger partial charge in [-0.3, -0.25) is 0 Å². The third kappa shape index (κ3) is 2.83. The van der Waals surface area contributed by atoms with Crippen molar-refractivity contribution >= 4 is 17.2 Å². The predicted molar refractivity (Wildman–Crippen MR) is 88.0 cm³/mol. The van der Waals surface area contributed by atoms with Crippen molar-refractivity contribution in [2.75, 3.05) is 11.1 Å². The minimum absolute atomic E-state index is 0.0168. The lowest BCUT2D eigenvalue weighted by molar-refractivity contribution is 0.475. The van der Waals surface area contributed by atoms with Gasteiger partial charge in [-0.1, -0.05) is 29.8 Å². The van der Waals surface area contributed by atoms with E-state index in [0.29, 0.717) is 17.2 Å². The van der Waals surface area contributed by atoms with Crippen LogP contribution < -0.4 is 11.1 Å². The third-order valence-electron chi connectivity index (χ3n) is 3.32. The molecule has 0 aliphatic rings. The van der Waals surface area contributed by atoms with E-state index in [9.17, 15) is 5.11 Å². The molecule has 1 heterocycles. The molecule has 0 spiro atoms.